The first-order valence-electron chi connectivity index (χ1n) is 11.6. The molecular formula is C27H45NO. The Labute approximate surface area is 180 Å². The average Bonchev–Trinajstić information content (AvgIpc) is 2.59. The maximum absolute atomic E-state index is 6.56. The van der Waals surface area contributed by atoms with Crippen molar-refractivity contribution < 1.29 is 4.74 Å². The Balaban J connectivity index is 2.30. The van der Waals surface area contributed by atoms with Crippen LogP contribution in [0.15, 0.2) is 17.1 Å². The van der Waals surface area contributed by atoms with E-state index >= 15 is 0 Å². The summed E-state index contributed by atoms with van der Waals surface area (Å²) in [5.74, 6) is 2.33. The van der Waals surface area contributed by atoms with Crippen molar-refractivity contribution in [1.82, 2.24) is 0 Å². The number of aryl methyl sites for hydroxylation is 1. The van der Waals surface area contributed by atoms with Crippen LogP contribution in [0, 0.1) is 24.2 Å². The van der Waals surface area contributed by atoms with E-state index < -0.39 is 0 Å². The molecule has 1 aromatic carbocycles. The van der Waals surface area contributed by atoms with Crippen molar-refractivity contribution in [1.29, 1.82) is 0 Å². The minimum absolute atomic E-state index is 0.0348. The van der Waals surface area contributed by atoms with Crippen LogP contribution in [-0.4, -0.2) is 18.4 Å². The van der Waals surface area contributed by atoms with E-state index in [2.05, 4.69) is 87.6 Å². The van der Waals surface area contributed by atoms with Crippen LogP contribution in [0.2, 0.25) is 0 Å². The molecule has 2 heteroatoms. The first-order chi connectivity index (χ1) is 13.3. The Morgan fingerprint density at radius 1 is 0.966 bits per heavy atom. The summed E-state index contributed by atoms with van der Waals surface area (Å²) in [6.07, 6.45) is 7.28. The molecule has 29 heavy (non-hydrogen) atoms. The van der Waals surface area contributed by atoms with Crippen molar-refractivity contribution in [3.63, 3.8) is 0 Å². The minimum Gasteiger partial charge on any atom is -0.489 e. The van der Waals surface area contributed by atoms with Crippen LogP contribution in [0.25, 0.3) is 0 Å². The van der Waals surface area contributed by atoms with Gasteiger partial charge >= 0.3 is 0 Å². The largest absolute Gasteiger partial charge is 0.489 e. The Morgan fingerprint density at radius 2 is 1.55 bits per heavy atom. The minimum atomic E-state index is 0.0348. The van der Waals surface area contributed by atoms with Gasteiger partial charge < -0.3 is 4.74 Å². The quantitative estimate of drug-likeness (QED) is 0.464. The van der Waals surface area contributed by atoms with Gasteiger partial charge in [-0.1, -0.05) is 67.5 Å². The molecule has 1 saturated carbocycles. The summed E-state index contributed by atoms with van der Waals surface area (Å²) in [7, 11) is 0. The highest BCUT2D eigenvalue weighted by atomic mass is 16.5. The van der Waals surface area contributed by atoms with Crippen molar-refractivity contribution in [3.8, 4) is 5.75 Å². The van der Waals surface area contributed by atoms with Crippen molar-refractivity contribution >= 4 is 6.21 Å². The van der Waals surface area contributed by atoms with Gasteiger partial charge in [0.2, 0.25) is 0 Å². The Kier molecular flexibility index (Phi) is 7.63. The molecule has 1 aliphatic rings. The van der Waals surface area contributed by atoms with Gasteiger partial charge in [-0.2, -0.15) is 0 Å². The van der Waals surface area contributed by atoms with Gasteiger partial charge in [-0.15, -0.1) is 0 Å². The summed E-state index contributed by atoms with van der Waals surface area (Å²) in [6, 6.07) is 4.91. The molecular weight excluding hydrogens is 354 g/mol. The molecule has 0 aliphatic heterocycles. The second kappa shape index (κ2) is 9.23. The molecule has 0 aromatic heterocycles. The van der Waals surface area contributed by atoms with Crippen LogP contribution < -0.4 is 4.74 Å². The van der Waals surface area contributed by atoms with Crippen LogP contribution in [0.1, 0.15) is 105 Å². The number of hydrogen-bond donors (Lipinski definition) is 0. The summed E-state index contributed by atoms with van der Waals surface area (Å²) >= 11 is 0. The van der Waals surface area contributed by atoms with Crippen LogP contribution in [-0.2, 0) is 5.41 Å². The number of hydrogen-bond acceptors (Lipinski definition) is 2. The van der Waals surface area contributed by atoms with E-state index in [1.165, 1.54) is 42.4 Å². The number of ether oxygens (including phenoxy) is 1. The molecule has 0 amide bonds. The van der Waals surface area contributed by atoms with Crippen molar-refractivity contribution in [2.24, 2.45) is 22.2 Å². The summed E-state index contributed by atoms with van der Waals surface area (Å²) in [5, 5.41) is 0. The Morgan fingerprint density at radius 3 is 2.03 bits per heavy atom. The fraction of sp³-hybridized carbons (Fsp3) is 0.741. The lowest BCUT2D eigenvalue weighted by Gasteiger charge is -2.35. The van der Waals surface area contributed by atoms with E-state index in [9.17, 15) is 0 Å². The predicted octanol–water partition coefficient (Wildman–Crippen LogP) is 7.74. The summed E-state index contributed by atoms with van der Waals surface area (Å²) in [6.45, 7) is 22.7. The van der Waals surface area contributed by atoms with E-state index in [0.29, 0.717) is 17.4 Å². The fourth-order valence-corrected chi connectivity index (χ4v) is 4.17. The normalized spacial score (nSPS) is 22.3. The lowest BCUT2D eigenvalue weighted by molar-refractivity contribution is 0.166. The van der Waals surface area contributed by atoms with Crippen molar-refractivity contribution in [2.75, 3.05) is 0 Å². The van der Waals surface area contributed by atoms with Crippen molar-refractivity contribution in [2.45, 2.75) is 112 Å². The van der Waals surface area contributed by atoms with Crippen LogP contribution in [0.5, 0.6) is 5.75 Å². The number of rotatable bonds is 5. The second-order valence-electron chi connectivity index (χ2n) is 11.6. The maximum atomic E-state index is 6.56. The number of benzene rings is 1. The first kappa shape index (κ1) is 24.0. The highest BCUT2D eigenvalue weighted by molar-refractivity contribution is 5.86. The highest BCUT2D eigenvalue weighted by Gasteiger charge is 2.29. The highest BCUT2D eigenvalue weighted by Crippen LogP contribution is 2.39. The molecule has 0 bridgehead atoms. The number of nitrogens with zero attached hydrogens (tertiary/aromatic N) is 1. The predicted molar refractivity (Wildman–Crippen MR) is 128 cm³/mol. The Bertz CT molecular complexity index is 694. The molecule has 0 N–H and O–H groups in total. The molecule has 0 radical (unpaired) electrons. The second-order valence-corrected chi connectivity index (χ2v) is 11.6. The molecule has 164 valence electrons. The van der Waals surface area contributed by atoms with Crippen LogP contribution >= 0.6 is 0 Å². The summed E-state index contributed by atoms with van der Waals surface area (Å²) in [5.41, 5.74) is 4.14. The zero-order valence-electron chi connectivity index (χ0n) is 20.7. The van der Waals surface area contributed by atoms with E-state index in [4.69, 9.17) is 9.73 Å². The third-order valence-electron chi connectivity index (χ3n) is 6.80. The molecule has 0 spiro atoms. The van der Waals surface area contributed by atoms with E-state index in [1.54, 1.807) is 0 Å². The van der Waals surface area contributed by atoms with E-state index in [0.717, 1.165) is 11.7 Å². The van der Waals surface area contributed by atoms with Gasteiger partial charge in [0, 0.05) is 23.4 Å². The molecule has 2 rings (SSSR count). The monoisotopic (exact) mass is 399 g/mol. The zero-order chi connectivity index (χ0) is 22.0. The lowest BCUT2D eigenvalue weighted by Crippen LogP contribution is -2.27. The smallest absolute Gasteiger partial charge is 0.132 e. The molecule has 1 fully saturated rings. The Hall–Kier alpha value is -1.31. The van der Waals surface area contributed by atoms with Gasteiger partial charge in [-0.3, -0.25) is 4.99 Å². The lowest BCUT2D eigenvalue weighted by atomic mass is 9.71. The SMILES string of the molecule is Cc1ccc(C(C)(C)C)c(O[C@H](C)C(C)C)c1C=NC1CCC(C(C)(C)C)CC1. The van der Waals surface area contributed by atoms with Gasteiger partial charge in [0.15, 0.2) is 0 Å². The van der Waals surface area contributed by atoms with E-state index in [-0.39, 0.29) is 11.5 Å². The van der Waals surface area contributed by atoms with Gasteiger partial charge in [-0.05, 0) is 67.8 Å². The molecule has 0 heterocycles. The zero-order valence-corrected chi connectivity index (χ0v) is 20.7. The number of aliphatic imine (C=N–C) groups is 1. The molecule has 1 aliphatic carbocycles. The van der Waals surface area contributed by atoms with Gasteiger partial charge in [-0.25, -0.2) is 0 Å². The topological polar surface area (TPSA) is 21.6 Å². The van der Waals surface area contributed by atoms with Gasteiger partial charge in [0.25, 0.3) is 0 Å². The third kappa shape index (κ3) is 6.33. The summed E-state index contributed by atoms with van der Waals surface area (Å²) < 4.78 is 6.56. The third-order valence-corrected chi connectivity index (χ3v) is 6.80. The first-order valence-corrected chi connectivity index (χ1v) is 11.6. The maximum Gasteiger partial charge on any atom is 0.132 e. The standard InChI is InChI=1S/C27H45NO/c1-18(2)20(4)29-25-23(19(3)11-16-24(25)27(8,9)10)17-28-22-14-12-21(13-15-22)26(5,6)7/h11,16-18,20-22H,12-15H2,1-10H3/t20-,21?,22?/m1/s1. The van der Waals surface area contributed by atoms with Crippen LogP contribution in [0.3, 0.4) is 0 Å². The van der Waals surface area contributed by atoms with Gasteiger partial charge in [0.05, 0.1) is 6.10 Å². The summed E-state index contributed by atoms with van der Waals surface area (Å²) in [4.78, 5) is 5.06. The average molecular weight is 400 g/mol. The molecule has 2 nitrogen and oxygen atoms in total. The van der Waals surface area contributed by atoms with Crippen molar-refractivity contribution in [3.05, 3.63) is 28.8 Å². The van der Waals surface area contributed by atoms with E-state index in [1.807, 2.05) is 0 Å². The fourth-order valence-electron chi connectivity index (χ4n) is 4.17. The molecule has 1 atom stereocenters. The molecule has 0 unspecified atom stereocenters. The molecule has 0 saturated heterocycles. The van der Waals surface area contributed by atoms with Crippen LogP contribution in [0.4, 0.5) is 0 Å². The molecule has 1 aromatic rings. The van der Waals surface area contributed by atoms with Gasteiger partial charge in [0.1, 0.15) is 5.75 Å².